The first-order valence-corrected chi connectivity index (χ1v) is 10.5. The number of ether oxygens (including phenoxy) is 1. The molecule has 0 fully saturated rings. The maximum absolute atomic E-state index is 12.3. The topological polar surface area (TPSA) is 84.5 Å². The van der Waals surface area contributed by atoms with Gasteiger partial charge in [0.25, 0.3) is 11.8 Å². The highest BCUT2D eigenvalue weighted by Crippen LogP contribution is 2.24. The Kier molecular flexibility index (Phi) is 8.39. The lowest BCUT2D eigenvalue weighted by Crippen LogP contribution is -2.36. The fraction of sp³-hybridized carbons (Fsp3) is 0.409. The van der Waals surface area contributed by atoms with Crippen molar-refractivity contribution in [2.24, 2.45) is 5.92 Å². The van der Waals surface area contributed by atoms with Crippen molar-refractivity contribution in [2.75, 3.05) is 13.2 Å². The van der Waals surface area contributed by atoms with Crippen LogP contribution < -0.4 is 10.6 Å². The van der Waals surface area contributed by atoms with Crippen LogP contribution in [0.4, 0.5) is 0 Å². The highest BCUT2D eigenvalue weighted by molar-refractivity contribution is 7.12. The van der Waals surface area contributed by atoms with Gasteiger partial charge in [0.2, 0.25) is 0 Å². The average molecular weight is 417 g/mol. The third kappa shape index (κ3) is 7.02. The van der Waals surface area contributed by atoms with Crippen LogP contribution in [-0.4, -0.2) is 30.9 Å². The Morgan fingerprint density at radius 2 is 1.66 bits per heavy atom. The van der Waals surface area contributed by atoms with Crippen LogP contribution in [0.15, 0.2) is 41.8 Å². The second-order valence-corrected chi connectivity index (χ2v) is 8.38. The number of carbonyl (C=O) groups is 3. The predicted octanol–water partition coefficient (Wildman–Crippen LogP) is 3.66. The molecular weight excluding hydrogens is 388 g/mol. The summed E-state index contributed by atoms with van der Waals surface area (Å²) in [5.74, 6) is -0.770. The molecule has 29 heavy (non-hydrogen) atoms. The molecule has 0 bridgehead atoms. The van der Waals surface area contributed by atoms with Crippen molar-refractivity contribution in [1.82, 2.24) is 10.6 Å². The smallest absolute Gasteiger partial charge is 0.325 e. The number of benzene rings is 1. The van der Waals surface area contributed by atoms with E-state index in [1.54, 1.807) is 17.5 Å². The molecule has 0 aliphatic carbocycles. The maximum Gasteiger partial charge on any atom is 0.325 e. The Bertz CT molecular complexity index is 814. The summed E-state index contributed by atoms with van der Waals surface area (Å²) in [7, 11) is 0. The Hall–Kier alpha value is -2.67. The van der Waals surface area contributed by atoms with Gasteiger partial charge in [-0.05, 0) is 34.4 Å². The first-order chi connectivity index (χ1) is 13.8. The van der Waals surface area contributed by atoms with E-state index < -0.39 is 5.97 Å². The van der Waals surface area contributed by atoms with Gasteiger partial charge in [-0.1, -0.05) is 58.0 Å². The standard InChI is InChI=1S/C22H28N2O4S/c1-14(2)16-7-9-17(10-8-16)21(15(3)4)24-19(25)13-28-20(26)12-23-22(27)18-6-5-11-29-18/h5-11,14-15,21H,12-13H2,1-4H3,(H,23,27)(H,24,25)/t21-/m1/s1. The van der Waals surface area contributed by atoms with Crippen molar-refractivity contribution < 1.29 is 19.1 Å². The highest BCUT2D eigenvalue weighted by atomic mass is 32.1. The molecule has 0 unspecified atom stereocenters. The number of nitrogens with one attached hydrogen (secondary N) is 2. The zero-order valence-electron chi connectivity index (χ0n) is 17.2. The molecule has 0 aliphatic heterocycles. The molecule has 1 aromatic heterocycles. The zero-order valence-corrected chi connectivity index (χ0v) is 18.0. The van der Waals surface area contributed by atoms with Crippen molar-refractivity contribution in [3.63, 3.8) is 0 Å². The van der Waals surface area contributed by atoms with Gasteiger partial charge < -0.3 is 15.4 Å². The Morgan fingerprint density at radius 1 is 1.00 bits per heavy atom. The van der Waals surface area contributed by atoms with E-state index in [-0.39, 0.29) is 36.9 Å². The van der Waals surface area contributed by atoms with Gasteiger partial charge in [0.15, 0.2) is 6.61 Å². The van der Waals surface area contributed by atoms with E-state index >= 15 is 0 Å². The van der Waals surface area contributed by atoms with Gasteiger partial charge in [-0.15, -0.1) is 11.3 Å². The van der Waals surface area contributed by atoms with Gasteiger partial charge in [0.05, 0.1) is 10.9 Å². The minimum atomic E-state index is -0.660. The fourth-order valence-electron chi connectivity index (χ4n) is 2.78. The minimum Gasteiger partial charge on any atom is -0.454 e. The van der Waals surface area contributed by atoms with Crippen molar-refractivity contribution in [3.05, 3.63) is 57.8 Å². The lowest BCUT2D eigenvalue weighted by Gasteiger charge is -2.23. The molecule has 0 radical (unpaired) electrons. The third-order valence-electron chi connectivity index (χ3n) is 4.45. The first-order valence-electron chi connectivity index (χ1n) is 9.64. The lowest BCUT2D eigenvalue weighted by molar-refractivity contribution is -0.147. The van der Waals surface area contributed by atoms with E-state index in [2.05, 4.69) is 36.6 Å². The molecule has 0 saturated carbocycles. The fourth-order valence-corrected chi connectivity index (χ4v) is 3.42. The van der Waals surface area contributed by atoms with Crippen LogP contribution in [0.2, 0.25) is 0 Å². The van der Waals surface area contributed by atoms with Crippen molar-refractivity contribution in [1.29, 1.82) is 0 Å². The third-order valence-corrected chi connectivity index (χ3v) is 5.32. The lowest BCUT2D eigenvalue weighted by atomic mass is 9.93. The van der Waals surface area contributed by atoms with E-state index in [9.17, 15) is 14.4 Å². The molecule has 0 spiro atoms. The summed E-state index contributed by atoms with van der Waals surface area (Å²) in [6.07, 6.45) is 0. The summed E-state index contributed by atoms with van der Waals surface area (Å²) in [4.78, 5) is 36.4. The molecule has 0 saturated heterocycles. The quantitative estimate of drug-likeness (QED) is 0.611. The summed E-state index contributed by atoms with van der Waals surface area (Å²) < 4.78 is 4.98. The maximum atomic E-state index is 12.3. The molecule has 7 heteroatoms. The SMILES string of the molecule is CC(C)c1ccc([C@H](NC(=O)COC(=O)CNC(=O)c2cccs2)C(C)C)cc1. The molecule has 156 valence electrons. The van der Waals surface area contributed by atoms with Crippen molar-refractivity contribution in [2.45, 2.75) is 39.7 Å². The molecule has 2 amide bonds. The van der Waals surface area contributed by atoms with E-state index in [1.165, 1.54) is 16.9 Å². The van der Waals surface area contributed by atoms with E-state index in [1.807, 2.05) is 26.0 Å². The van der Waals surface area contributed by atoms with Crippen LogP contribution >= 0.6 is 11.3 Å². The number of carbonyl (C=O) groups excluding carboxylic acids is 3. The van der Waals surface area contributed by atoms with E-state index in [0.29, 0.717) is 10.8 Å². The van der Waals surface area contributed by atoms with Gasteiger partial charge in [-0.3, -0.25) is 14.4 Å². The number of hydrogen-bond acceptors (Lipinski definition) is 5. The summed E-state index contributed by atoms with van der Waals surface area (Å²) in [6.45, 7) is 7.64. The first kappa shape index (κ1) is 22.6. The molecule has 2 rings (SSSR count). The average Bonchev–Trinajstić information content (AvgIpc) is 3.23. The van der Waals surface area contributed by atoms with Crippen LogP contribution in [0.5, 0.6) is 0 Å². The molecule has 1 atom stereocenters. The molecule has 1 aromatic carbocycles. The monoisotopic (exact) mass is 416 g/mol. The number of amides is 2. The highest BCUT2D eigenvalue weighted by Gasteiger charge is 2.19. The molecule has 2 N–H and O–H groups in total. The van der Waals surface area contributed by atoms with Crippen LogP contribution in [-0.2, 0) is 14.3 Å². The minimum absolute atomic E-state index is 0.171. The van der Waals surface area contributed by atoms with Gasteiger partial charge in [0.1, 0.15) is 6.54 Å². The molecule has 1 heterocycles. The number of rotatable bonds is 9. The van der Waals surface area contributed by atoms with Crippen LogP contribution in [0, 0.1) is 5.92 Å². The summed E-state index contributed by atoms with van der Waals surface area (Å²) in [5, 5.41) is 7.17. The number of hydrogen-bond donors (Lipinski definition) is 2. The molecule has 0 aliphatic rings. The van der Waals surface area contributed by atoms with Crippen molar-refractivity contribution >= 4 is 29.1 Å². The van der Waals surface area contributed by atoms with Crippen LogP contribution in [0.25, 0.3) is 0 Å². The second kappa shape index (κ2) is 10.8. The largest absolute Gasteiger partial charge is 0.454 e. The summed E-state index contributed by atoms with van der Waals surface area (Å²) in [6, 6.07) is 11.4. The van der Waals surface area contributed by atoms with E-state index in [4.69, 9.17) is 4.74 Å². The van der Waals surface area contributed by atoms with Crippen LogP contribution in [0.1, 0.15) is 60.5 Å². The number of esters is 1. The van der Waals surface area contributed by atoms with Gasteiger partial charge in [0, 0.05) is 0 Å². The summed E-state index contributed by atoms with van der Waals surface area (Å²) >= 11 is 1.28. The molecular formula is C22H28N2O4S. The molecule has 6 nitrogen and oxygen atoms in total. The van der Waals surface area contributed by atoms with Gasteiger partial charge in [-0.2, -0.15) is 0 Å². The second-order valence-electron chi connectivity index (χ2n) is 7.43. The van der Waals surface area contributed by atoms with Gasteiger partial charge >= 0.3 is 5.97 Å². The van der Waals surface area contributed by atoms with Crippen molar-refractivity contribution in [3.8, 4) is 0 Å². The van der Waals surface area contributed by atoms with Gasteiger partial charge in [-0.25, -0.2) is 0 Å². The predicted molar refractivity (Wildman–Crippen MR) is 114 cm³/mol. The summed E-state index contributed by atoms with van der Waals surface area (Å²) in [5.41, 5.74) is 2.24. The zero-order chi connectivity index (χ0) is 21.4. The Balaban J connectivity index is 1.82. The molecule has 2 aromatic rings. The number of thiophene rings is 1. The van der Waals surface area contributed by atoms with E-state index in [0.717, 1.165) is 5.56 Å². The Morgan fingerprint density at radius 3 is 2.21 bits per heavy atom. The Labute approximate surface area is 175 Å². The normalized spacial score (nSPS) is 11.9. The van der Waals surface area contributed by atoms with Crippen LogP contribution in [0.3, 0.4) is 0 Å².